The molecule has 1 saturated heterocycles. The van der Waals surface area contributed by atoms with Gasteiger partial charge in [0.25, 0.3) is 0 Å². The minimum absolute atomic E-state index is 0.0448. The predicted molar refractivity (Wildman–Crippen MR) is 80.7 cm³/mol. The highest BCUT2D eigenvalue weighted by molar-refractivity contribution is 5.81. The number of nitrogens with zero attached hydrogens (tertiary/aromatic N) is 1. The molecule has 1 aliphatic heterocycles. The Hall–Kier alpha value is -0.610. The first-order chi connectivity index (χ1) is 9.66. The highest BCUT2D eigenvalue weighted by atomic mass is 16.5. The van der Waals surface area contributed by atoms with E-state index in [1.54, 1.807) is 0 Å². The highest BCUT2D eigenvalue weighted by Crippen LogP contribution is 2.37. The van der Waals surface area contributed by atoms with E-state index in [9.17, 15) is 4.79 Å². The van der Waals surface area contributed by atoms with Crippen LogP contribution in [-0.2, 0) is 9.53 Å². The van der Waals surface area contributed by atoms with Crippen LogP contribution in [0.25, 0.3) is 0 Å². The van der Waals surface area contributed by atoms with Gasteiger partial charge in [-0.15, -0.1) is 0 Å². The number of likely N-dealkylation sites (tertiary alicyclic amines) is 1. The van der Waals surface area contributed by atoms with E-state index < -0.39 is 5.54 Å². The maximum Gasteiger partial charge on any atom is 0.326 e. The smallest absolute Gasteiger partial charge is 0.326 e. The van der Waals surface area contributed by atoms with Crippen molar-refractivity contribution >= 4 is 5.97 Å². The van der Waals surface area contributed by atoms with E-state index in [1.165, 1.54) is 25.8 Å². The van der Waals surface area contributed by atoms with E-state index in [-0.39, 0.29) is 5.97 Å². The van der Waals surface area contributed by atoms with Gasteiger partial charge in [-0.3, -0.25) is 9.69 Å². The molecular weight excluding hydrogens is 252 g/mol. The quantitative estimate of drug-likeness (QED) is 0.759. The van der Waals surface area contributed by atoms with Crippen molar-refractivity contribution in [3.05, 3.63) is 0 Å². The molecule has 4 heteroatoms. The molecule has 2 aliphatic rings. The van der Waals surface area contributed by atoms with E-state index in [2.05, 4.69) is 24.1 Å². The summed E-state index contributed by atoms with van der Waals surface area (Å²) in [5.41, 5.74) is -0.434. The summed E-state index contributed by atoms with van der Waals surface area (Å²) in [6.07, 6.45) is 6.79. The highest BCUT2D eigenvalue weighted by Gasteiger charge is 2.48. The summed E-state index contributed by atoms with van der Waals surface area (Å²) < 4.78 is 5.33. The summed E-state index contributed by atoms with van der Waals surface area (Å²) in [7, 11) is 0. The molecule has 1 heterocycles. The maximum atomic E-state index is 12.4. The Morgan fingerprint density at radius 2 is 2.15 bits per heavy atom. The van der Waals surface area contributed by atoms with Gasteiger partial charge in [0.1, 0.15) is 5.54 Å². The number of esters is 1. The van der Waals surface area contributed by atoms with Crippen LogP contribution >= 0.6 is 0 Å². The molecule has 0 aromatic carbocycles. The number of rotatable bonds is 6. The van der Waals surface area contributed by atoms with Crippen LogP contribution in [0.1, 0.15) is 59.3 Å². The summed E-state index contributed by atoms with van der Waals surface area (Å²) in [6.45, 7) is 8.73. The fraction of sp³-hybridized carbons (Fsp3) is 0.938. The zero-order valence-corrected chi connectivity index (χ0v) is 13.3. The minimum atomic E-state index is -0.434. The van der Waals surface area contributed by atoms with Crippen molar-refractivity contribution in [2.24, 2.45) is 0 Å². The summed E-state index contributed by atoms with van der Waals surface area (Å²) >= 11 is 0. The van der Waals surface area contributed by atoms with E-state index in [4.69, 9.17) is 4.74 Å². The Morgan fingerprint density at radius 3 is 2.80 bits per heavy atom. The third-order valence-corrected chi connectivity index (χ3v) is 5.03. The van der Waals surface area contributed by atoms with Gasteiger partial charge in [0.2, 0.25) is 0 Å². The van der Waals surface area contributed by atoms with Gasteiger partial charge in [0.05, 0.1) is 6.61 Å². The van der Waals surface area contributed by atoms with E-state index in [0.29, 0.717) is 12.6 Å². The van der Waals surface area contributed by atoms with Crippen molar-refractivity contribution in [3.63, 3.8) is 0 Å². The minimum Gasteiger partial charge on any atom is -0.465 e. The van der Waals surface area contributed by atoms with E-state index in [0.717, 1.165) is 31.8 Å². The molecule has 0 aromatic heterocycles. The van der Waals surface area contributed by atoms with Gasteiger partial charge in [-0.25, -0.2) is 0 Å². The Balaban J connectivity index is 2.05. The number of hydrogen-bond donors (Lipinski definition) is 1. The Labute approximate surface area is 123 Å². The summed E-state index contributed by atoms with van der Waals surface area (Å²) in [5, 5.41) is 3.43. The average Bonchev–Trinajstić information content (AvgIpc) is 3.05. The summed E-state index contributed by atoms with van der Waals surface area (Å²) in [5.74, 6) is -0.0448. The fourth-order valence-electron chi connectivity index (χ4n) is 4.11. The molecule has 0 bridgehead atoms. The molecule has 3 atom stereocenters. The first kappa shape index (κ1) is 15.8. The van der Waals surface area contributed by atoms with Crippen LogP contribution in [0.3, 0.4) is 0 Å². The lowest BCUT2D eigenvalue weighted by atomic mass is 9.97. The molecule has 20 heavy (non-hydrogen) atoms. The van der Waals surface area contributed by atoms with Crippen molar-refractivity contribution in [2.75, 3.05) is 19.7 Å². The zero-order valence-electron chi connectivity index (χ0n) is 13.3. The number of ether oxygens (including phenoxy) is 1. The molecule has 1 saturated carbocycles. The fourth-order valence-corrected chi connectivity index (χ4v) is 4.11. The molecule has 3 unspecified atom stereocenters. The monoisotopic (exact) mass is 282 g/mol. The largest absolute Gasteiger partial charge is 0.465 e. The molecule has 0 spiro atoms. The topological polar surface area (TPSA) is 41.6 Å². The van der Waals surface area contributed by atoms with Crippen LogP contribution in [0.2, 0.25) is 0 Å². The molecule has 4 nitrogen and oxygen atoms in total. The molecular formula is C16H30N2O2. The van der Waals surface area contributed by atoms with Crippen LogP contribution in [0.5, 0.6) is 0 Å². The molecule has 0 amide bonds. The Bertz CT molecular complexity index is 334. The average molecular weight is 282 g/mol. The molecule has 116 valence electrons. The lowest BCUT2D eigenvalue weighted by Crippen LogP contribution is -2.52. The first-order valence-electron chi connectivity index (χ1n) is 8.34. The standard InChI is InChI=1S/C16H30N2O2/c1-4-13-8-7-11-18(13)14-9-10-16(12-14,17-5-2)15(19)20-6-3/h13-14,17H,4-12H2,1-3H3. The van der Waals surface area contributed by atoms with Crippen LogP contribution in [-0.4, -0.2) is 48.2 Å². The van der Waals surface area contributed by atoms with Crippen LogP contribution < -0.4 is 5.32 Å². The van der Waals surface area contributed by atoms with Gasteiger partial charge in [-0.2, -0.15) is 0 Å². The number of likely N-dealkylation sites (N-methyl/N-ethyl adjacent to an activating group) is 1. The lowest BCUT2D eigenvalue weighted by Gasteiger charge is -2.32. The number of carbonyl (C=O) groups is 1. The first-order valence-corrected chi connectivity index (χ1v) is 8.34. The second kappa shape index (κ2) is 6.90. The molecule has 2 rings (SSSR count). The zero-order chi connectivity index (χ0) is 14.6. The van der Waals surface area contributed by atoms with Gasteiger partial charge in [0.15, 0.2) is 0 Å². The van der Waals surface area contributed by atoms with Crippen LogP contribution in [0.4, 0.5) is 0 Å². The number of hydrogen-bond acceptors (Lipinski definition) is 4. The van der Waals surface area contributed by atoms with E-state index >= 15 is 0 Å². The summed E-state index contributed by atoms with van der Waals surface area (Å²) in [6, 6.07) is 1.27. The van der Waals surface area contributed by atoms with Crippen LogP contribution in [0, 0.1) is 0 Å². The Morgan fingerprint density at radius 1 is 1.35 bits per heavy atom. The van der Waals surface area contributed by atoms with Crippen LogP contribution in [0.15, 0.2) is 0 Å². The van der Waals surface area contributed by atoms with Crippen molar-refractivity contribution < 1.29 is 9.53 Å². The summed E-state index contributed by atoms with van der Waals surface area (Å²) in [4.78, 5) is 15.0. The molecule has 0 radical (unpaired) electrons. The molecule has 1 N–H and O–H groups in total. The van der Waals surface area contributed by atoms with E-state index in [1.807, 2.05) is 6.92 Å². The number of nitrogens with one attached hydrogen (secondary N) is 1. The van der Waals surface area contributed by atoms with Crippen molar-refractivity contribution in [1.82, 2.24) is 10.2 Å². The maximum absolute atomic E-state index is 12.4. The predicted octanol–water partition coefficient (Wildman–Crippen LogP) is 2.32. The third-order valence-electron chi connectivity index (χ3n) is 5.03. The lowest BCUT2D eigenvalue weighted by molar-refractivity contribution is -0.151. The molecule has 1 aliphatic carbocycles. The number of carbonyl (C=O) groups excluding carboxylic acids is 1. The van der Waals surface area contributed by atoms with Gasteiger partial charge < -0.3 is 10.1 Å². The SMILES string of the molecule is CCNC1(C(=O)OCC)CCC(N2CCCC2CC)C1. The van der Waals surface area contributed by atoms with Gasteiger partial charge in [0, 0.05) is 12.1 Å². The third kappa shape index (κ3) is 3.01. The second-order valence-electron chi connectivity index (χ2n) is 6.17. The van der Waals surface area contributed by atoms with Crippen molar-refractivity contribution in [2.45, 2.75) is 76.9 Å². The van der Waals surface area contributed by atoms with Crippen molar-refractivity contribution in [3.8, 4) is 0 Å². The van der Waals surface area contributed by atoms with Crippen molar-refractivity contribution in [1.29, 1.82) is 0 Å². The molecule has 0 aromatic rings. The second-order valence-corrected chi connectivity index (χ2v) is 6.17. The van der Waals surface area contributed by atoms with Gasteiger partial charge in [-0.1, -0.05) is 13.8 Å². The Kier molecular flexibility index (Phi) is 5.44. The van der Waals surface area contributed by atoms with Gasteiger partial charge in [-0.05, 0) is 58.5 Å². The normalized spacial score (nSPS) is 34.5. The molecule has 2 fully saturated rings. The van der Waals surface area contributed by atoms with Gasteiger partial charge >= 0.3 is 5.97 Å².